The van der Waals surface area contributed by atoms with E-state index in [1.807, 2.05) is 4.90 Å². The van der Waals surface area contributed by atoms with Crippen LogP contribution in [0.2, 0.25) is 0 Å². The van der Waals surface area contributed by atoms with E-state index < -0.39 is 0 Å². The van der Waals surface area contributed by atoms with Gasteiger partial charge in [-0.1, -0.05) is 13.8 Å². The van der Waals surface area contributed by atoms with E-state index >= 15 is 0 Å². The first kappa shape index (κ1) is 14.7. The molecule has 20 heavy (non-hydrogen) atoms. The van der Waals surface area contributed by atoms with Gasteiger partial charge in [-0.2, -0.15) is 0 Å². The van der Waals surface area contributed by atoms with Crippen LogP contribution in [0.5, 0.6) is 11.5 Å². The Morgan fingerprint density at radius 3 is 2.85 bits per heavy atom. The molecule has 0 saturated carbocycles. The number of carbonyl (C=O) groups excluding carboxylic acids is 1. The fourth-order valence-electron chi connectivity index (χ4n) is 2.81. The number of likely N-dealkylation sites (tertiary alicyclic amines) is 1. The summed E-state index contributed by atoms with van der Waals surface area (Å²) in [5.41, 5.74) is 0.928. The number of aromatic hydroxyl groups is 1. The van der Waals surface area contributed by atoms with Crippen LogP contribution >= 0.6 is 0 Å². The maximum Gasteiger partial charge on any atom is 0.227 e. The normalized spacial score (nSPS) is 17.9. The fourth-order valence-corrected chi connectivity index (χ4v) is 2.81. The molecule has 0 spiro atoms. The number of hydrogen-bond acceptors (Lipinski definition) is 3. The zero-order valence-corrected chi connectivity index (χ0v) is 12.5. The minimum Gasteiger partial charge on any atom is -0.508 e. The van der Waals surface area contributed by atoms with E-state index in [0.717, 1.165) is 31.5 Å². The summed E-state index contributed by atoms with van der Waals surface area (Å²) in [6.07, 6.45) is 2.48. The lowest BCUT2D eigenvalue weighted by Gasteiger charge is -2.38. The SMILES string of the molecule is COc1ccc(O)cc1CC(=O)N1CCCC(C)(C)C1. The molecule has 0 aliphatic carbocycles. The second-order valence-electron chi connectivity index (χ2n) is 6.26. The number of methoxy groups -OCH3 is 1. The predicted molar refractivity (Wildman–Crippen MR) is 78.0 cm³/mol. The predicted octanol–water partition coefficient (Wildman–Crippen LogP) is 2.59. The van der Waals surface area contributed by atoms with Gasteiger partial charge in [0.05, 0.1) is 13.5 Å². The van der Waals surface area contributed by atoms with Gasteiger partial charge in [0, 0.05) is 18.7 Å². The Morgan fingerprint density at radius 1 is 1.45 bits per heavy atom. The van der Waals surface area contributed by atoms with Gasteiger partial charge >= 0.3 is 0 Å². The van der Waals surface area contributed by atoms with Crippen molar-refractivity contribution < 1.29 is 14.6 Å². The van der Waals surface area contributed by atoms with E-state index in [0.29, 0.717) is 5.75 Å². The topological polar surface area (TPSA) is 49.8 Å². The Morgan fingerprint density at radius 2 is 2.20 bits per heavy atom. The minimum absolute atomic E-state index is 0.0988. The second kappa shape index (κ2) is 5.73. The highest BCUT2D eigenvalue weighted by atomic mass is 16.5. The molecule has 1 aliphatic heterocycles. The average molecular weight is 277 g/mol. The van der Waals surface area contributed by atoms with E-state index in [4.69, 9.17) is 4.74 Å². The Hall–Kier alpha value is -1.71. The van der Waals surface area contributed by atoms with Crippen molar-refractivity contribution in [3.05, 3.63) is 23.8 Å². The highest BCUT2D eigenvalue weighted by molar-refractivity contribution is 5.79. The number of rotatable bonds is 3. The molecule has 1 amide bonds. The van der Waals surface area contributed by atoms with Crippen molar-refractivity contribution in [1.82, 2.24) is 4.90 Å². The van der Waals surface area contributed by atoms with Crippen LogP contribution in [0.25, 0.3) is 0 Å². The standard InChI is InChI=1S/C16H23NO3/c1-16(2)7-4-8-17(11-16)15(19)10-12-9-13(18)5-6-14(12)20-3/h5-6,9,18H,4,7-8,10-11H2,1-3H3. The van der Waals surface area contributed by atoms with Crippen LogP contribution in [-0.4, -0.2) is 36.1 Å². The maximum atomic E-state index is 12.4. The Labute approximate surface area is 120 Å². The van der Waals surface area contributed by atoms with Gasteiger partial charge in [-0.05, 0) is 36.5 Å². The van der Waals surface area contributed by atoms with Gasteiger partial charge in [0.15, 0.2) is 0 Å². The first-order valence-corrected chi connectivity index (χ1v) is 7.05. The molecule has 4 heteroatoms. The van der Waals surface area contributed by atoms with Crippen molar-refractivity contribution >= 4 is 5.91 Å². The molecule has 1 aromatic rings. The third-order valence-corrected chi connectivity index (χ3v) is 3.86. The van der Waals surface area contributed by atoms with Gasteiger partial charge < -0.3 is 14.7 Å². The number of nitrogens with zero attached hydrogens (tertiary/aromatic N) is 1. The van der Waals surface area contributed by atoms with Crippen LogP contribution in [0.15, 0.2) is 18.2 Å². The fraction of sp³-hybridized carbons (Fsp3) is 0.562. The van der Waals surface area contributed by atoms with Gasteiger partial charge in [-0.3, -0.25) is 4.79 Å². The van der Waals surface area contributed by atoms with Crippen molar-refractivity contribution in [3.63, 3.8) is 0 Å². The zero-order valence-electron chi connectivity index (χ0n) is 12.5. The van der Waals surface area contributed by atoms with Crippen LogP contribution in [0.3, 0.4) is 0 Å². The highest BCUT2D eigenvalue weighted by Crippen LogP contribution is 2.30. The lowest BCUT2D eigenvalue weighted by atomic mass is 9.84. The molecular formula is C16H23NO3. The first-order chi connectivity index (χ1) is 9.41. The number of ether oxygens (including phenoxy) is 1. The number of carbonyl (C=O) groups is 1. The van der Waals surface area contributed by atoms with Crippen LogP contribution in [0.1, 0.15) is 32.3 Å². The summed E-state index contributed by atoms with van der Waals surface area (Å²) in [6.45, 7) is 6.01. The molecule has 1 aliphatic rings. The van der Waals surface area contributed by atoms with Crippen LogP contribution in [0.4, 0.5) is 0 Å². The third kappa shape index (κ3) is 3.44. The molecule has 0 atom stereocenters. The summed E-state index contributed by atoms with van der Waals surface area (Å²) in [5.74, 6) is 0.904. The van der Waals surface area contributed by atoms with Gasteiger partial charge in [-0.25, -0.2) is 0 Å². The van der Waals surface area contributed by atoms with Crippen molar-refractivity contribution in [3.8, 4) is 11.5 Å². The van der Waals surface area contributed by atoms with E-state index in [9.17, 15) is 9.90 Å². The van der Waals surface area contributed by atoms with E-state index in [1.54, 1.807) is 25.3 Å². The molecule has 1 saturated heterocycles. The van der Waals surface area contributed by atoms with E-state index in [1.165, 1.54) is 0 Å². The molecule has 2 rings (SSSR count). The largest absolute Gasteiger partial charge is 0.508 e. The minimum atomic E-state index is 0.0988. The van der Waals surface area contributed by atoms with Crippen molar-refractivity contribution in [2.24, 2.45) is 5.41 Å². The summed E-state index contributed by atoms with van der Waals surface area (Å²) in [6, 6.07) is 4.86. The number of phenolic OH excluding ortho intramolecular Hbond substituents is 1. The molecule has 0 aromatic heterocycles. The van der Waals surface area contributed by atoms with Crippen LogP contribution in [-0.2, 0) is 11.2 Å². The maximum absolute atomic E-state index is 12.4. The molecule has 110 valence electrons. The molecule has 1 heterocycles. The number of hydrogen-bond donors (Lipinski definition) is 1. The molecule has 0 bridgehead atoms. The molecule has 0 unspecified atom stereocenters. The number of benzene rings is 1. The van der Waals surface area contributed by atoms with E-state index in [-0.39, 0.29) is 23.5 Å². The molecule has 1 aromatic carbocycles. The molecule has 0 radical (unpaired) electrons. The quantitative estimate of drug-likeness (QED) is 0.924. The summed E-state index contributed by atoms with van der Waals surface area (Å²) in [7, 11) is 1.57. The zero-order chi connectivity index (χ0) is 14.8. The second-order valence-corrected chi connectivity index (χ2v) is 6.26. The Kier molecular flexibility index (Phi) is 4.21. The van der Waals surface area contributed by atoms with Gasteiger partial charge in [0.2, 0.25) is 5.91 Å². The summed E-state index contributed by atoms with van der Waals surface area (Å²) < 4.78 is 5.25. The third-order valence-electron chi connectivity index (χ3n) is 3.86. The average Bonchev–Trinajstić information content (AvgIpc) is 2.38. The van der Waals surface area contributed by atoms with Gasteiger partial charge in [0.1, 0.15) is 11.5 Å². The van der Waals surface area contributed by atoms with E-state index in [2.05, 4.69) is 13.8 Å². The monoisotopic (exact) mass is 277 g/mol. The summed E-state index contributed by atoms with van der Waals surface area (Å²) in [4.78, 5) is 14.3. The number of phenols is 1. The lowest BCUT2D eigenvalue weighted by molar-refractivity contribution is -0.133. The molecule has 4 nitrogen and oxygen atoms in total. The Balaban J connectivity index is 2.09. The lowest BCUT2D eigenvalue weighted by Crippen LogP contribution is -2.44. The van der Waals surface area contributed by atoms with Gasteiger partial charge in [0.25, 0.3) is 0 Å². The smallest absolute Gasteiger partial charge is 0.227 e. The summed E-state index contributed by atoms with van der Waals surface area (Å²) >= 11 is 0. The van der Waals surface area contributed by atoms with Crippen molar-refractivity contribution in [2.45, 2.75) is 33.1 Å². The van der Waals surface area contributed by atoms with Crippen molar-refractivity contribution in [2.75, 3.05) is 20.2 Å². The highest BCUT2D eigenvalue weighted by Gasteiger charge is 2.29. The van der Waals surface area contributed by atoms with Crippen LogP contribution in [0, 0.1) is 5.41 Å². The van der Waals surface area contributed by atoms with Crippen LogP contribution < -0.4 is 4.74 Å². The molecule has 1 fully saturated rings. The van der Waals surface area contributed by atoms with Crippen molar-refractivity contribution in [1.29, 1.82) is 0 Å². The first-order valence-electron chi connectivity index (χ1n) is 7.05. The summed E-state index contributed by atoms with van der Waals surface area (Å²) in [5, 5.41) is 9.56. The number of amides is 1. The number of piperidine rings is 1. The Bertz CT molecular complexity index is 496. The van der Waals surface area contributed by atoms with Gasteiger partial charge in [-0.15, -0.1) is 0 Å². The molecule has 1 N–H and O–H groups in total. The molecular weight excluding hydrogens is 254 g/mol.